The van der Waals surface area contributed by atoms with E-state index in [1.165, 1.54) is 64.2 Å². The normalized spacial score (nSPS) is 22.3. The molecule has 1 aromatic carbocycles. The monoisotopic (exact) mass is 254 g/mol. The third-order valence-corrected chi connectivity index (χ3v) is 5.50. The van der Waals surface area contributed by atoms with E-state index in [0.29, 0.717) is 0 Å². The van der Waals surface area contributed by atoms with Crippen LogP contribution in [-0.2, 0) is 0 Å². The molecule has 2 saturated carbocycles. The summed E-state index contributed by atoms with van der Waals surface area (Å²) in [5.41, 5.74) is 1.64. The molecule has 2 fully saturated rings. The third kappa shape index (κ3) is 3.24. The van der Waals surface area contributed by atoms with Crippen molar-refractivity contribution in [2.45, 2.75) is 75.8 Å². The lowest BCUT2D eigenvalue weighted by atomic mass is 9.27. The molecule has 0 heterocycles. The van der Waals surface area contributed by atoms with Crippen molar-refractivity contribution in [1.29, 1.82) is 0 Å². The predicted octanol–water partition coefficient (Wildman–Crippen LogP) is 5.06. The molecule has 0 nitrogen and oxygen atoms in total. The average Bonchev–Trinajstić information content (AvgIpc) is 2.51. The summed E-state index contributed by atoms with van der Waals surface area (Å²) in [5, 5.41) is 0. The van der Waals surface area contributed by atoms with Gasteiger partial charge in [0.15, 0.2) is 6.71 Å². The topological polar surface area (TPSA) is 0 Å². The van der Waals surface area contributed by atoms with Crippen molar-refractivity contribution in [3.05, 3.63) is 30.3 Å². The first-order valence-electron chi connectivity index (χ1n) is 8.50. The van der Waals surface area contributed by atoms with Crippen LogP contribution in [0.5, 0.6) is 0 Å². The zero-order valence-electron chi connectivity index (χ0n) is 12.2. The van der Waals surface area contributed by atoms with Gasteiger partial charge in [-0.2, -0.15) is 0 Å². The summed E-state index contributed by atoms with van der Waals surface area (Å²) in [6.45, 7) is 0.863. The van der Waals surface area contributed by atoms with Crippen LogP contribution >= 0.6 is 0 Å². The second-order valence-electron chi connectivity index (χ2n) is 6.73. The average molecular weight is 254 g/mol. The van der Waals surface area contributed by atoms with E-state index in [1.807, 2.05) is 0 Å². The summed E-state index contributed by atoms with van der Waals surface area (Å²) in [6.07, 6.45) is 14.8. The van der Waals surface area contributed by atoms with Crippen LogP contribution in [0.2, 0.25) is 11.6 Å². The minimum atomic E-state index is 0.863. The van der Waals surface area contributed by atoms with Crippen LogP contribution in [0.3, 0.4) is 0 Å². The molecule has 2 aliphatic rings. The molecule has 0 saturated heterocycles. The van der Waals surface area contributed by atoms with E-state index in [9.17, 15) is 0 Å². The molecule has 0 aromatic heterocycles. The number of hydrogen-bond acceptors (Lipinski definition) is 0. The molecule has 0 amide bonds. The fourth-order valence-electron chi connectivity index (χ4n) is 4.59. The molecule has 0 radical (unpaired) electrons. The highest BCUT2D eigenvalue weighted by molar-refractivity contribution is 6.75. The van der Waals surface area contributed by atoms with E-state index in [4.69, 9.17) is 0 Å². The van der Waals surface area contributed by atoms with Gasteiger partial charge in [0.1, 0.15) is 0 Å². The maximum Gasteiger partial charge on any atom is 0.182 e. The first-order chi connectivity index (χ1) is 9.45. The van der Waals surface area contributed by atoms with Gasteiger partial charge in [-0.05, 0) is 0 Å². The molecule has 0 N–H and O–H groups in total. The fourth-order valence-corrected chi connectivity index (χ4v) is 4.59. The van der Waals surface area contributed by atoms with Crippen molar-refractivity contribution < 1.29 is 0 Å². The summed E-state index contributed by atoms with van der Waals surface area (Å²) in [7, 11) is 0. The fraction of sp³-hybridized carbons (Fsp3) is 0.667. The molecule has 2 aliphatic carbocycles. The van der Waals surface area contributed by atoms with Gasteiger partial charge in [-0.25, -0.2) is 0 Å². The van der Waals surface area contributed by atoms with Crippen molar-refractivity contribution in [1.82, 2.24) is 0 Å². The van der Waals surface area contributed by atoms with E-state index < -0.39 is 0 Å². The number of benzene rings is 1. The van der Waals surface area contributed by atoms with Crippen LogP contribution in [0, 0.1) is 0 Å². The molecule has 0 spiro atoms. The van der Waals surface area contributed by atoms with Gasteiger partial charge in [0.2, 0.25) is 0 Å². The Kier molecular flexibility index (Phi) is 4.64. The van der Waals surface area contributed by atoms with Crippen LogP contribution in [0.4, 0.5) is 0 Å². The van der Waals surface area contributed by atoms with Gasteiger partial charge in [0.05, 0.1) is 0 Å². The van der Waals surface area contributed by atoms with Gasteiger partial charge in [0, 0.05) is 0 Å². The summed E-state index contributed by atoms with van der Waals surface area (Å²) in [6, 6.07) is 11.5. The van der Waals surface area contributed by atoms with Crippen molar-refractivity contribution in [2.75, 3.05) is 0 Å². The molecule has 0 aliphatic heterocycles. The minimum Gasteiger partial charge on any atom is -0.0795 e. The standard InChI is InChI=1S/C18H27B/c1-4-10-16(11-5-1)19(17-12-6-2-7-13-17)18-14-8-3-9-15-18/h1,4-5,10-11,17-18H,2-3,6-9,12-15H2. The quantitative estimate of drug-likeness (QED) is 0.661. The van der Waals surface area contributed by atoms with Gasteiger partial charge in [-0.1, -0.05) is 112 Å². The molecular weight excluding hydrogens is 227 g/mol. The molecular formula is C18H27B. The lowest BCUT2D eigenvalue weighted by Crippen LogP contribution is -2.41. The molecule has 0 unspecified atom stereocenters. The Morgan fingerprint density at radius 3 is 1.58 bits per heavy atom. The summed E-state index contributed by atoms with van der Waals surface area (Å²) >= 11 is 0. The van der Waals surface area contributed by atoms with Crippen LogP contribution in [-0.4, -0.2) is 6.71 Å². The van der Waals surface area contributed by atoms with Crippen LogP contribution in [0.1, 0.15) is 64.2 Å². The Hall–Kier alpha value is -0.715. The van der Waals surface area contributed by atoms with Gasteiger partial charge >= 0.3 is 0 Å². The lowest BCUT2D eigenvalue weighted by molar-refractivity contribution is 0.465. The largest absolute Gasteiger partial charge is 0.182 e. The molecule has 3 rings (SSSR count). The van der Waals surface area contributed by atoms with E-state index in [-0.39, 0.29) is 0 Å². The maximum atomic E-state index is 2.40. The molecule has 19 heavy (non-hydrogen) atoms. The highest BCUT2D eigenvalue weighted by Gasteiger charge is 2.35. The SMILES string of the molecule is c1ccc(B(C2CCCCC2)C2CCCCC2)cc1. The first kappa shape index (κ1) is 13.3. The van der Waals surface area contributed by atoms with Crippen molar-refractivity contribution in [3.8, 4) is 0 Å². The zero-order chi connectivity index (χ0) is 12.9. The van der Waals surface area contributed by atoms with Gasteiger partial charge < -0.3 is 0 Å². The maximum absolute atomic E-state index is 2.40. The summed E-state index contributed by atoms with van der Waals surface area (Å²) in [4.78, 5) is 0. The van der Waals surface area contributed by atoms with Crippen molar-refractivity contribution >= 4 is 12.2 Å². The molecule has 0 atom stereocenters. The van der Waals surface area contributed by atoms with E-state index >= 15 is 0 Å². The Morgan fingerprint density at radius 2 is 1.11 bits per heavy atom. The van der Waals surface area contributed by atoms with Crippen LogP contribution < -0.4 is 5.46 Å². The van der Waals surface area contributed by atoms with E-state index in [0.717, 1.165) is 18.3 Å². The highest BCUT2D eigenvalue weighted by atomic mass is 14.2. The van der Waals surface area contributed by atoms with Crippen LogP contribution in [0.25, 0.3) is 0 Å². The third-order valence-electron chi connectivity index (χ3n) is 5.50. The zero-order valence-corrected chi connectivity index (χ0v) is 12.2. The van der Waals surface area contributed by atoms with Gasteiger partial charge in [0.25, 0.3) is 0 Å². The molecule has 0 bridgehead atoms. The van der Waals surface area contributed by atoms with E-state index in [2.05, 4.69) is 30.3 Å². The number of hydrogen-bond donors (Lipinski definition) is 0. The Labute approximate surface area is 119 Å². The Morgan fingerprint density at radius 1 is 0.632 bits per heavy atom. The van der Waals surface area contributed by atoms with Crippen molar-refractivity contribution in [3.63, 3.8) is 0 Å². The first-order valence-corrected chi connectivity index (χ1v) is 8.50. The van der Waals surface area contributed by atoms with Crippen molar-refractivity contribution in [2.24, 2.45) is 0 Å². The molecule has 102 valence electrons. The smallest absolute Gasteiger partial charge is 0.0795 e. The highest BCUT2D eigenvalue weighted by Crippen LogP contribution is 2.41. The molecule has 1 heteroatoms. The van der Waals surface area contributed by atoms with E-state index in [1.54, 1.807) is 5.46 Å². The second-order valence-corrected chi connectivity index (χ2v) is 6.73. The summed E-state index contributed by atoms with van der Waals surface area (Å²) < 4.78 is 0. The lowest BCUT2D eigenvalue weighted by Gasteiger charge is -2.36. The number of rotatable bonds is 3. The minimum absolute atomic E-state index is 0.863. The second kappa shape index (κ2) is 6.63. The van der Waals surface area contributed by atoms with Gasteiger partial charge in [-0.15, -0.1) is 0 Å². The predicted molar refractivity (Wildman–Crippen MR) is 85.5 cm³/mol. The Bertz CT molecular complexity index is 343. The molecule has 1 aromatic rings. The summed E-state index contributed by atoms with van der Waals surface area (Å²) in [5.74, 6) is 1.94. The Balaban J connectivity index is 1.81. The van der Waals surface area contributed by atoms with Crippen LogP contribution in [0.15, 0.2) is 30.3 Å². The van der Waals surface area contributed by atoms with Gasteiger partial charge in [-0.3, -0.25) is 0 Å².